The number of ketones is 1. The van der Waals surface area contributed by atoms with E-state index in [4.69, 9.17) is 44.3 Å². The molecule has 0 spiro atoms. The second-order valence-corrected chi connectivity index (χ2v) is 7.44. The molecule has 0 amide bonds. The number of carbonyl (C=O) groups excluding carboxylic acids is 1. The van der Waals surface area contributed by atoms with E-state index < -0.39 is 5.82 Å². The highest BCUT2D eigenvalue weighted by atomic mass is 35.5. The molecular weight excluding hydrogens is 438 g/mol. The summed E-state index contributed by atoms with van der Waals surface area (Å²) in [6.45, 7) is -0.0594. The standard InChI is InChI=1S/C22H12Cl3FO3/c23-16-3-1-4-17(24)14(16)10-21-22(27)13-8-7-12(9-20(13)29-21)28-11-15-18(25)5-2-6-19(15)26/h1-10H,11H2/b21-10-. The Morgan fingerprint density at radius 3 is 2.38 bits per heavy atom. The van der Waals surface area contributed by atoms with E-state index in [0.29, 0.717) is 32.7 Å². The number of fused-ring (bicyclic) bond motifs is 1. The maximum Gasteiger partial charge on any atom is 0.231 e. The van der Waals surface area contributed by atoms with Crippen LogP contribution in [0.25, 0.3) is 6.08 Å². The van der Waals surface area contributed by atoms with Gasteiger partial charge in [-0.25, -0.2) is 4.39 Å². The maximum absolute atomic E-state index is 13.9. The number of rotatable bonds is 4. The van der Waals surface area contributed by atoms with Gasteiger partial charge >= 0.3 is 0 Å². The van der Waals surface area contributed by atoms with E-state index in [2.05, 4.69) is 0 Å². The summed E-state index contributed by atoms with van der Waals surface area (Å²) < 4.78 is 25.2. The van der Waals surface area contributed by atoms with Gasteiger partial charge in [0.05, 0.1) is 10.6 Å². The van der Waals surface area contributed by atoms with Crippen molar-refractivity contribution >= 4 is 46.7 Å². The van der Waals surface area contributed by atoms with Gasteiger partial charge in [-0.2, -0.15) is 0 Å². The molecule has 0 fully saturated rings. The Labute approximate surface area is 181 Å². The summed E-state index contributed by atoms with van der Waals surface area (Å²) >= 11 is 18.3. The van der Waals surface area contributed by atoms with Gasteiger partial charge in [0, 0.05) is 27.2 Å². The Balaban J connectivity index is 1.57. The fourth-order valence-electron chi connectivity index (χ4n) is 2.86. The van der Waals surface area contributed by atoms with Gasteiger partial charge in [0.2, 0.25) is 5.78 Å². The van der Waals surface area contributed by atoms with Gasteiger partial charge in [-0.15, -0.1) is 0 Å². The molecule has 1 aliphatic heterocycles. The molecule has 0 aliphatic carbocycles. The van der Waals surface area contributed by atoms with Crippen molar-refractivity contribution in [2.75, 3.05) is 0 Å². The highest BCUT2D eigenvalue weighted by Crippen LogP contribution is 2.37. The molecule has 0 bridgehead atoms. The summed E-state index contributed by atoms with van der Waals surface area (Å²) in [4.78, 5) is 12.6. The number of ether oxygens (including phenoxy) is 2. The molecule has 0 saturated heterocycles. The normalized spacial score (nSPS) is 14.1. The SMILES string of the molecule is O=C1/C(=C/c2c(Cl)cccc2Cl)Oc2cc(OCc3c(F)cccc3Cl)ccc21. The van der Waals surface area contributed by atoms with Crippen LogP contribution in [0.4, 0.5) is 4.39 Å². The van der Waals surface area contributed by atoms with Gasteiger partial charge in [0.15, 0.2) is 5.76 Å². The van der Waals surface area contributed by atoms with Crippen LogP contribution in [0.2, 0.25) is 15.1 Å². The Hall–Kier alpha value is -2.53. The molecule has 0 saturated carbocycles. The van der Waals surface area contributed by atoms with Crippen molar-refractivity contribution in [3.05, 3.63) is 97.9 Å². The van der Waals surface area contributed by atoms with Crippen molar-refractivity contribution in [1.82, 2.24) is 0 Å². The van der Waals surface area contributed by atoms with Crippen molar-refractivity contribution in [3.8, 4) is 11.5 Å². The first-order valence-corrected chi connectivity index (χ1v) is 9.65. The first-order chi connectivity index (χ1) is 13.9. The second kappa shape index (κ2) is 8.07. The van der Waals surface area contributed by atoms with E-state index >= 15 is 0 Å². The Bertz CT molecular complexity index is 1120. The minimum absolute atomic E-state index is 0.0594. The summed E-state index contributed by atoms with van der Waals surface area (Å²) in [6, 6.07) is 14.2. The lowest BCUT2D eigenvalue weighted by molar-refractivity contribution is 0.101. The van der Waals surface area contributed by atoms with Gasteiger partial charge in [-0.05, 0) is 42.5 Å². The minimum Gasteiger partial charge on any atom is -0.489 e. The van der Waals surface area contributed by atoms with Gasteiger partial charge < -0.3 is 9.47 Å². The molecule has 1 aliphatic rings. The van der Waals surface area contributed by atoms with E-state index in [1.54, 1.807) is 42.5 Å². The van der Waals surface area contributed by atoms with E-state index in [1.165, 1.54) is 18.2 Å². The molecule has 1 heterocycles. The smallest absolute Gasteiger partial charge is 0.231 e. The molecule has 29 heavy (non-hydrogen) atoms. The predicted molar refractivity (Wildman–Crippen MR) is 112 cm³/mol. The van der Waals surface area contributed by atoms with E-state index in [1.807, 2.05) is 0 Å². The summed E-state index contributed by atoms with van der Waals surface area (Å²) in [6.07, 6.45) is 1.51. The number of halogens is 4. The molecule has 7 heteroatoms. The zero-order valence-corrected chi connectivity index (χ0v) is 17.0. The van der Waals surface area contributed by atoms with Crippen molar-refractivity contribution in [1.29, 1.82) is 0 Å². The molecule has 0 N–H and O–H groups in total. The monoisotopic (exact) mass is 448 g/mol. The summed E-state index contributed by atoms with van der Waals surface area (Å²) in [5.41, 5.74) is 1.13. The van der Waals surface area contributed by atoms with Crippen LogP contribution in [-0.4, -0.2) is 5.78 Å². The van der Waals surface area contributed by atoms with Crippen LogP contribution in [0, 0.1) is 5.82 Å². The number of hydrogen-bond donors (Lipinski definition) is 0. The van der Waals surface area contributed by atoms with Crippen LogP contribution in [-0.2, 0) is 6.61 Å². The third-order valence-electron chi connectivity index (χ3n) is 4.36. The van der Waals surface area contributed by atoms with E-state index in [0.717, 1.165) is 0 Å². The maximum atomic E-state index is 13.9. The molecule has 4 rings (SSSR count). The van der Waals surface area contributed by atoms with Crippen LogP contribution >= 0.6 is 34.8 Å². The average molecular weight is 450 g/mol. The molecule has 0 unspecified atom stereocenters. The molecular formula is C22H12Cl3FO3. The van der Waals surface area contributed by atoms with Gasteiger partial charge in [-0.3, -0.25) is 4.79 Å². The Morgan fingerprint density at radius 2 is 1.66 bits per heavy atom. The van der Waals surface area contributed by atoms with Crippen LogP contribution in [0.5, 0.6) is 11.5 Å². The molecule has 146 valence electrons. The van der Waals surface area contributed by atoms with Crippen molar-refractivity contribution in [2.45, 2.75) is 6.61 Å². The van der Waals surface area contributed by atoms with Crippen LogP contribution < -0.4 is 9.47 Å². The van der Waals surface area contributed by atoms with E-state index in [-0.39, 0.29) is 28.7 Å². The number of carbonyl (C=O) groups is 1. The van der Waals surface area contributed by atoms with Gasteiger partial charge in [0.1, 0.15) is 23.9 Å². The molecule has 3 aromatic carbocycles. The number of Topliss-reactive ketones (excluding diaryl/α,β-unsaturated/α-hetero) is 1. The molecule has 0 radical (unpaired) electrons. The third kappa shape index (κ3) is 3.97. The Kier molecular flexibility index (Phi) is 5.50. The average Bonchev–Trinajstić information content (AvgIpc) is 2.99. The molecule has 3 aromatic rings. The van der Waals surface area contributed by atoms with Gasteiger partial charge in [0.25, 0.3) is 0 Å². The van der Waals surface area contributed by atoms with Gasteiger partial charge in [-0.1, -0.05) is 46.9 Å². The van der Waals surface area contributed by atoms with Crippen LogP contribution in [0.15, 0.2) is 60.4 Å². The van der Waals surface area contributed by atoms with Crippen molar-refractivity contribution in [2.24, 2.45) is 0 Å². The minimum atomic E-state index is -0.452. The van der Waals surface area contributed by atoms with Crippen LogP contribution in [0.1, 0.15) is 21.5 Å². The quantitative estimate of drug-likeness (QED) is 0.403. The second-order valence-electron chi connectivity index (χ2n) is 6.22. The summed E-state index contributed by atoms with van der Waals surface area (Å²) in [5, 5.41) is 1.09. The third-order valence-corrected chi connectivity index (χ3v) is 5.37. The summed E-state index contributed by atoms with van der Waals surface area (Å²) in [5.74, 6) is 0.102. The molecule has 0 aromatic heterocycles. The fraction of sp³-hybridized carbons (Fsp3) is 0.0455. The molecule has 0 atom stereocenters. The number of hydrogen-bond acceptors (Lipinski definition) is 3. The first-order valence-electron chi connectivity index (χ1n) is 8.52. The Morgan fingerprint density at radius 1 is 0.966 bits per heavy atom. The summed E-state index contributed by atoms with van der Waals surface area (Å²) in [7, 11) is 0. The topological polar surface area (TPSA) is 35.5 Å². The lowest BCUT2D eigenvalue weighted by Gasteiger charge is -2.09. The predicted octanol–water partition coefficient (Wildman–Crippen LogP) is 6.98. The zero-order chi connectivity index (χ0) is 20.5. The van der Waals surface area contributed by atoms with Crippen molar-refractivity contribution in [3.63, 3.8) is 0 Å². The van der Waals surface area contributed by atoms with Crippen molar-refractivity contribution < 1.29 is 18.7 Å². The number of allylic oxidation sites excluding steroid dienone is 1. The highest BCUT2D eigenvalue weighted by Gasteiger charge is 2.28. The number of benzene rings is 3. The molecule has 3 nitrogen and oxygen atoms in total. The lowest BCUT2D eigenvalue weighted by Crippen LogP contribution is -1.99. The zero-order valence-electron chi connectivity index (χ0n) is 14.7. The largest absolute Gasteiger partial charge is 0.489 e. The fourth-order valence-corrected chi connectivity index (χ4v) is 3.59. The first kappa shape index (κ1) is 19.8. The lowest BCUT2D eigenvalue weighted by atomic mass is 10.1. The van der Waals surface area contributed by atoms with E-state index in [9.17, 15) is 9.18 Å². The van der Waals surface area contributed by atoms with Crippen LogP contribution in [0.3, 0.4) is 0 Å². The highest BCUT2D eigenvalue weighted by molar-refractivity contribution is 6.37.